The zero-order valence-corrected chi connectivity index (χ0v) is 15.3. The molecule has 0 fully saturated rings. The predicted molar refractivity (Wildman–Crippen MR) is 100 cm³/mol. The quantitative estimate of drug-likeness (QED) is 0.637. The first-order valence-electron chi connectivity index (χ1n) is 8.05. The molecule has 2 aromatic rings. The van der Waals surface area contributed by atoms with Crippen LogP contribution in [0.1, 0.15) is 31.9 Å². The summed E-state index contributed by atoms with van der Waals surface area (Å²) in [6.07, 6.45) is 0. The van der Waals surface area contributed by atoms with Crippen LogP contribution in [0, 0.1) is 0 Å². The molecule has 0 aliphatic rings. The third-order valence-corrected chi connectivity index (χ3v) is 6.41. The Kier molecular flexibility index (Phi) is 6.09. The number of carbonyl (C=O) groups is 1. The fourth-order valence-corrected chi connectivity index (χ4v) is 3.41. The molecule has 1 unspecified atom stereocenters. The largest absolute Gasteiger partial charge is 0.272 e. The lowest BCUT2D eigenvalue weighted by atomic mass is 10.0. The molecule has 132 valence electrons. The third kappa shape index (κ3) is 4.54. The van der Waals surface area contributed by atoms with Gasteiger partial charge in [-0.05, 0) is 20.8 Å². The Morgan fingerprint density at radius 1 is 0.880 bits per heavy atom. The molecule has 0 aromatic heterocycles. The van der Waals surface area contributed by atoms with Crippen molar-refractivity contribution in [3.8, 4) is 0 Å². The van der Waals surface area contributed by atoms with Crippen molar-refractivity contribution in [2.24, 2.45) is 5.10 Å². The van der Waals surface area contributed by atoms with Gasteiger partial charge in [-0.1, -0.05) is 60.7 Å². The van der Waals surface area contributed by atoms with Crippen LogP contribution in [0.25, 0.3) is 0 Å². The molecule has 2 rings (SSSR count). The number of hydrogen-bond acceptors (Lipinski definition) is 4. The number of sulfone groups is 1. The van der Waals surface area contributed by atoms with Gasteiger partial charge in [0.2, 0.25) is 0 Å². The smallest absolute Gasteiger partial charge is 0.258 e. The molecule has 5 nitrogen and oxygen atoms in total. The van der Waals surface area contributed by atoms with Crippen molar-refractivity contribution in [3.05, 3.63) is 71.8 Å². The Labute approximate surface area is 148 Å². The van der Waals surface area contributed by atoms with Crippen molar-refractivity contribution in [1.29, 1.82) is 0 Å². The van der Waals surface area contributed by atoms with Gasteiger partial charge in [0.15, 0.2) is 9.84 Å². The van der Waals surface area contributed by atoms with Crippen molar-refractivity contribution in [1.82, 2.24) is 5.43 Å². The lowest BCUT2D eigenvalue weighted by Gasteiger charge is -2.14. The number of hydrazone groups is 1. The second-order valence-corrected chi connectivity index (χ2v) is 8.78. The van der Waals surface area contributed by atoms with E-state index in [2.05, 4.69) is 10.5 Å². The fraction of sp³-hybridized carbons (Fsp3) is 0.263. The van der Waals surface area contributed by atoms with Crippen LogP contribution in [0.2, 0.25) is 0 Å². The Hall–Kier alpha value is -2.47. The summed E-state index contributed by atoms with van der Waals surface area (Å²) in [5.41, 5.74) is 4.64. The lowest BCUT2D eigenvalue weighted by Crippen LogP contribution is -2.39. The molecule has 1 atom stereocenters. The first kappa shape index (κ1) is 18.9. The number of benzene rings is 2. The maximum Gasteiger partial charge on any atom is 0.258 e. The van der Waals surface area contributed by atoms with Gasteiger partial charge in [-0.15, -0.1) is 0 Å². The number of rotatable bonds is 6. The van der Waals surface area contributed by atoms with E-state index in [0.717, 1.165) is 11.1 Å². The molecular weight excluding hydrogens is 336 g/mol. The van der Waals surface area contributed by atoms with Crippen molar-refractivity contribution < 1.29 is 13.2 Å². The number of nitrogens with zero attached hydrogens (tertiary/aromatic N) is 1. The van der Waals surface area contributed by atoms with Gasteiger partial charge in [0.1, 0.15) is 5.25 Å². The summed E-state index contributed by atoms with van der Waals surface area (Å²) in [4.78, 5) is 12.3. The third-order valence-electron chi connectivity index (χ3n) is 3.89. The van der Waals surface area contributed by atoms with Crippen LogP contribution in [0.4, 0.5) is 0 Å². The predicted octanol–water partition coefficient (Wildman–Crippen LogP) is 2.77. The van der Waals surface area contributed by atoms with E-state index in [1.165, 1.54) is 6.92 Å². The first-order valence-corrected chi connectivity index (χ1v) is 9.66. The summed E-state index contributed by atoms with van der Waals surface area (Å²) in [5, 5.41) is 2.42. The van der Waals surface area contributed by atoms with Crippen molar-refractivity contribution >= 4 is 21.5 Å². The first-order chi connectivity index (χ1) is 11.8. The molecule has 1 amide bonds. The average Bonchev–Trinajstić information content (AvgIpc) is 2.62. The molecule has 0 saturated carbocycles. The topological polar surface area (TPSA) is 75.6 Å². The molecule has 6 heteroatoms. The van der Waals surface area contributed by atoms with Crippen molar-refractivity contribution in [2.45, 2.75) is 31.3 Å². The van der Waals surface area contributed by atoms with E-state index in [0.29, 0.717) is 5.71 Å². The fourth-order valence-electron chi connectivity index (χ4n) is 2.25. The van der Waals surface area contributed by atoms with E-state index in [9.17, 15) is 13.2 Å². The molecule has 0 bridgehead atoms. The van der Waals surface area contributed by atoms with Crippen LogP contribution in [-0.4, -0.2) is 30.5 Å². The highest BCUT2D eigenvalue weighted by Gasteiger charge is 2.30. The Morgan fingerprint density at radius 3 is 1.72 bits per heavy atom. The van der Waals surface area contributed by atoms with Crippen LogP contribution in [0.3, 0.4) is 0 Å². The van der Waals surface area contributed by atoms with Gasteiger partial charge in [-0.25, -0.2) is 13.8 Å². The second-order valence-electron chi connectivity index (χ2n) is 5.95. The van der Waals surface area contributed by atoms with E-state index in [1.54, 1.807) is 13.8 Å². The van der Waals surface area contributed by atoms with Gasteiger partial charge in [0.25, 0.3) is 5.91 Å². The molecule has 0 saturated heterocycles. The SMILES string of the molecule is CC(C)S(=O)(=O)C(C)C(=O)NN=C(c1ccccc1)c1ccccc1. The standard InChI is InChI=1S/C19H22N2O3S/c1-14(2)25(23,24)15(3)19(22)21-20-18(16-10-6-4-7-11-16)17-12-8-5-9-13-17/h4-15H,1-3H3,(H,21,22). The summed E-state index contributed by atoms with van der Waals surface area (Å²) in [6, 6.07) is 18.8. The number of nitrogens with one attached hydrogen (secondary N) is 1. The Bertz CT molecular complexity index is 803. The molecule has 0 aliphatic carbocycles. The normalized spacial score (nSPS) is 12.5. The Morgan fingerprint density at radius 2 is 1.32 bits per heavy atom. The van der Waals surface area contributed by atoms with E-state index in [4.69, 9.17) is 0 Å². The lowest BCUT2D eigenvalue weighted by molar-refractivity contribution is -0.120. The zero-order valence-electron chi connectivity index (χ0n) is 14.5. The van der Waals surface area contributed by atoms with Gasteiger partial charge in [0.05, 0.1) is 11.0 Å². The molecule has 2 aromatic carbocycles. The minimum atomic E-state index is -3.53. The highest BCUT2D eigenvalue weighted by atomic mass is 32.2. The van der Waals surface area contributed by atoms with Crippen LogP contribution in [-0.2, 0) is 14.6 Å². The van der Waals surface area contributed by atoms with Gasteiger partial charge in [0, 0.05) is 11.1 Å². The molecule has 25 heavy (non-hydrogen) atoms. The molecule has 1 N–H and O–H groups in total. The van der Waals surface area contributed by atoms with Crippen LogP contribution in [0.5, 0.6) is 0 Å². The van der Waals surface area contributed by atoms with E-state index >= 15 is 0 Å². The number of carbonyl (C=O) groups excluding carboxylic acids is 1. The van der Waals surface area contributed by atoms with E-state index in [-0.39, 0.29) is 0 Å². The van der Waals surface area contributed by atoms with E-state index in [1.807, 2.05) is 60.7 Å². The highest BCUT2D eigenvalue weighted by molar-refractivity contribution is 7.93. The average molecular weight is 358 g/mol. The summed E-state index contributed by atoms with van der Waals surface area (Å²) < 4.78 is 24.3. The van der Waals surface area contributed by atoms with Gasteiger partial charge >= 0.3 is 0 Å². The molecule has 0 aliphatic heterocycles. The second kappa shape index (κ2) is 8.07. The van der Waals surface area contributed by atoms with Crippen LogP contribution < -0.4 is 5.43 Å². The van der Waals surface area contributed by atoms with Crippen molar-refractivity contribution in [3.63, 3.8) is 0 Å². The van der Waals surface area contributed by atoms with Crippen LogP contribution in [0.15, 0.2) is 65.8 Å². The zero-order chi connectivity index (χ0) is 18.4. The minimum absolute atomic E-state index is 0.573. The number of hydrogen-bond donors (Lipinski definition) is 1. The molecule has 0 heterocycles. The van der Waals surface area contributed by atoms with Crippen molar-refractivity contribution in [2.75, 3.05) is 0 Å². The summed E-state index contributed by atoms with van der Waals surface area (Å²) in [6.45, 7) is 4.49. The number of amides is 1. The maximum absolute atomic E-state index is 12.3. The van der Waals surface area contributed by atoms with Gasteiger partial charge in [-0.3, -0.25) is 4.79 Å². The molecular formula is C19H22N2O3S. The molecule has 0 radical (unpaired) electrons. The minimum Gasteiger partial charge on any atom is -0.272 e. The summed E-state index contributed by atoms with van der Waals surface area (Å²) in [7, 11) is -3.53. The van der Waals surface area contributed by atoms with Gasteiger partial charge in [-0.2, -0.15) is 5.10 Å². The summed E-state index contributed by atoms with van der Waals surface area (Å²) in [5.74, 6) is -0.641. The Balaban J connectivity index is 2.32. The summed E-state index contributed by atoms with van der Waals surface area (Å²) >= 11 is 0. The van der Waals surface area contributed by atoms with Gasteiger partial charge < -0.3 is 0 Å². The molecule has 0 spiro atoms. The monoisotopic (exact) mass is 358 g/mol. The van der Waals surface area contributed by atoms with E-state index < -0.39 is 26.2 Å². The highest BCUT2D eigenvalue weighted by Crippen LogP contribution is 2.12. The maximum atomic E-state index is 12.3. The van der Waals surface area contributed by atoms with Crippen LogP contribution >= 0.6 is 0 Å².